The highest BCUT2D eigenvalue weighted by molar-refractivity contribution is 5.99. The summed E-state index contributed by atoms with van der Waals surface area (Å²) < 4.78 is 32.3. The van der Waals surface area contributed by atoms with Gasteiger partial charge in [-0.05, 0) is 30.7 Å². The smallest absolute Gasteiger partial charge is 0.334 e. The highest BCUT2D eigenvalue weighted by Crippen LogP contribution is 2.24. The number of hydrogen-bond acceptors (Lipinski definition) is 7. The minimum Gasteiger partial charge on any atom is -0.467 e. The fraction of sp³-hybridized carbons (Fsp3) is 0.263. The first-order valence-electron chi connectivity index (χ1n) is 8.48. The number of pyridine rings is 1. The molecule has 2 aromatic rings. The molecule has 1 amide bonds. The van der Waals surface area contributed by atoms with E-state index in [1.54, 1.807) is 13.0 Å². The zero-order valence-corrected chi connectivity index (χ0v) is 16.3. The molecule has 2 rings (SSSR count). The van der Waals surface area contributed by atoms with Crippen LogP contribution in [-0.2, 0) is 14.4 Å². The number of anilines is 2. The van der Waals surface area contributed by atoms with Crippen LogP contribution >= 0.6 is 0 Å². The van der Waals surface area contributed by atoms with Gasteiger partial charge in [-0.25, -0.2) is 24.0 Å². The van der Waals surface area contributed by atoms with Crippen molar-refractivity contribution < 1.29 is 27.9 Å². The van der Waals surface area contributed by atoms with Gasteiger partial charge in [0, 0.05) is 0 Å². The number of amides is 1. The molecule has 0 aliphatic heterocycles. The Morgan fingerprint density at radius 3 is 2.48 bits per heavy atom. The molecule has 0 aliphatic carbocycles. The molecule has 0 atom stereocenters. The molecule has 0 aliphatic rings. The Labute approximate surface area is 166 Å². The van der Waals surface area contributed by atoms with Crippen LogP contribution in [0, 0.1) is 29.9 Å². The molecule has 0 bridgehead atoms. The van der Waals surface area contributed by atoms with E-state index in [4.69, 9.17) is 5.26 Å². The summed E-state index contributed by atoms with van der Waals surface area (Å²) in [6, 6.07) is 6.54. The summed E-state index contributed by atoms with van der Waals surface area (Å²) in [7, 11) is 1.13. The van der Waals surface area contributed by atoms with E-state index < -0.39 is 35.8 Å². The molecule has 10 heteroatoms. The summed E-state index contributed by atoms with van der Waals surface area (Å²) in [4.78, 5) is 31.5. The van der Waals surface area contributed by atoms with E-state index in [-0.39, 0.29) is 17.1 Å². The maximum absolute atomic E-state index is 14.1. The fourth-order valence-electron chi connectivity index (χ4n) is 1.96. The Balaban J connectivity index is 0.00000204. The van der Waals surface area contributed by atoms with Gasteiger partial charge in [0.25, 0.3) is 5.91 Å². The predicted molar refractivity (Wildman–Crippen MR) is 100 cm³/mol. The summed E-state index contributed by atoms with van der Waals surface area (Å²) in [5.41, 5.74) is 1.59. The number of carbonyl (C=O) groups is 2. The Kier molecular flexibility index (Phi) is 9.15. The lowest BCUT2D eigenvalue weighted by Crippen LogP contribution is -2.28. The van der Waals surface area contributed by atoms with Crippen LogP contribution in [0.2, 0.25) is 0 Å². The lowest BCUT2D eigenvalue weighted by molar-refractivity contribution is -0.147. The molecule has 1 heterocycles. The van der Waals surface area contributed by atoms with E-state index in [0.717, 1.165) is 13.2 Å². The van der Waals surface area contributed by atoms with Crippen LogP contribution in [0.1, 0.15) is 35.5 Å². The first-order valence-corrected chi connectivity index (χ1v) is 8.48. The maximum atomic E-state index is 14.1. The molecule has 1 aromatic heterocycles. The molecule has 0 saturated carbocycles. The summed E-state index contributed by atoms with van der Waals surface area (Å²) in [6.07, 6.45) is 0. The predicted octanol–water partition coefficient (Wildman–Crippen LogP) is 3.14. The molecule has 0 saturated heterocycles. The van der Waals surface area contributed by atoms with E-state index in [0.29, 0.717) is 5.56 Å². The van der Waals surface area contributed by atoms with Crippen LogP contribution in [0.15, 0.2) is 24.3 Å². The number of aryl methyl sites for hydroxylation is 1. The van der Waals surface area contributed by atoms with E-state index in [2.05, 4.69) is 19.9 Å². The molecular weight excluding hydrogens is 386 g/mol. The lowest BCUT2D eigenvalue weighted by atomic mass is 10.2. The van der Waals surface area contributed by atoms with Gasteiger partial charge in [0.05, 0.1) is 18.4 Å². The van der Waals surface area contributed by atoms with E-state index in [9.17, 15) is 18.4 Å². The van der Waals surface area contributed by atoms with Gasteiger partial charge in [-0.3, -0.25) is 9.63 Å². The second-order valence-corrected chi connectivity index (χ2v) is 5.23. The monoisotopic (exact) mass is 406 g/mol. The molecule has 0 unspecified atom stereocenters. The first kappa shape index (κ1) is 23.5. The van der Waals surface area contributed by atoms with Crippen LogP contribution < -0.4 is 10.8 Å². The number of halogens is 2. The summed E-state index contributed by atoms with van der Waals surface area (Å²) in [6.45, 7) is 5.11. The van der Waals surface area contributed by atoms with Gasteiger partial charge >= 0.3 is 5.97 Å². The molecule has 2 N–H and O–H groups in total. The average molecular weight is 406 g/mol. The number of ether oxygens (including phenoxy) is 1. The Morgan fingerprint density at radius 1 is 1.21 bits per heavy atom. The normalized spacial score (nSPS) is 9.55. The number of hydroxylamine groups is 1. The third kappa shape index (κ3) is 6.51. The highest BCUT2D eigenvalue weighted by atomic mass is 19.1. The second kappa shape index (κ2) is 11.3. The highest BCUT2D eigenvalue weighted by Gasteiger charge is 2.19. The molecule has 1 aromatic carbocycles. The molecule has 0 radical (unpaired) electrons. The van der Waals surface area contributed by atoms with Gasteiger partial charge in [-0.15, -0.1) is 0 Å². The number of aromatic nitrogens is 1. The largest absolute Gasteiger partial charge is 0.467 e. The molecule has 0 fully saturated rings. The minimum absolute atomic E-state index is 0.0341. The van der Waals surface area contributed by atoms with Crippen LogP contribution in [0.5, 0.6) is 0 Å². The number of rotatable bonds is 6. The van der Waals surface area contributed by atoms with E-state index in [1.165, 1.54) is 18.2 Å². The number of hydrogen-bond donors (Lipinski definition) is 2. The van der Waals surface area contributed by atoms with Crippen molar-refractivity contribution >= 4 is 23.4 Å². The zero-order chi connectivity index (χ0) is 22.0. The summed E-state index contributed by atoms with van der Waals surface area (Å²) in [5, 5.41) is 11.5. The van der Waals surface area contributed by atoms with Crippen LogP contribution in [0.25, 0.3) is 0 Å². The number of nitriles is 1. The number of benzene rings is 1. The SMILES string of the molecule is CC.COC(=O)CONC(=O)c1cc(F)c(C#N)nc1Nc1ccc(C)cc1F. The topological polar surface area (TPSA) is 113 Å². The van der Waals surface area contributed by atoms with Crippen molar-refractivity contribution in [3.63, 3.8) is 0 Å². The number of carbonyl (C=O) groups excluding carboxylic acids is 2. The van der Waals surface area contributed by atoms with Crippen molar-refractivity contribution in [1.29, 1.82) is 5.26 Å². The van der Waals surface area contributed by atoms with Crippen molar-refractivity contribution in [2.75, 3.05) is 19.0 Å². The van der Waals surface area contributed by atoms with E-state index >= 15 is 0 Å². The zero-order valence-electron chi connectivity index (χ0n) is 16.3. The minimum atomic E-state index is -1.05. The summed E-state index contributed by atoms with van der Waals surface area (Å²) >= 11 is 0. The van der Waals surface area contributed by atoms with Crippen molar-refractivity contribution in [1.82, 2.24) is 10.5 Å². The lowest BCUT2D eigenvalue weighted by Gasteiger charge is -2.13. The van der Waals surface area contributed by atoms with Crippen molar-refractivity contribution in [2.45, 2.75) is 20.8 Å². The Hall–Kier alpha value is -3.58. The van der Waals surface area contributed by atoms with Crippen LogP contribution in [-0.4, -0.2) is 30.6 Å². The van der Waals surface area contributed by atoms with Crippen molar-refractivity contribution in [3.8, 4) is 6.07 Å². The van der Waals surface area contributed by atoms with Gasteiger partial charge in [0.1, 0.15) is 17.7 Å². The molecule has 154 valence electrons. The Morgan fingerprint density at radius 2 is 1.90 bits per heavy atom. The number of esters is 1. The van der Waals surface area contributed by atoms with Gasteiger partial charge in [0.2, 0.25) is 0 Å². The van der Waals surface area contributed by atoms with Gasteiger partial charge in [0.15, 0.2) is 18.1 Å². The molecule has 29 heavy (non-hydrogen) atoms. The average Bonchev–Trinajstić information content (AvgIpc) is 2.72. The van der Waals surface area contributed by atoms with Crippen LogP contribution in [0.4, 0.5) is 20.3 Å². The van der Waals surface area contributed by atoms with Gasteiger partial charge < -0.3 is 10.1 Å². The Bertz CT molecular complexity index is 929. The molecule has 8 nitrogen and oxygen atoms in total. The number of methoxy groups -OCH3 is 1. The molecular formula is C19H20F2N4O4. The van der Waals surface area contributed by atoms with Crippen molar-refractivity contribution in [2.24, 2.45) is 0 Å². The van der Waals surface area contributed by atoms with Gasteiger partial charge in [-0.1, -0.05) is 19.9 Å². The maximum Gasteiger partial charge on any atom is 0.334 e. The van der Waals surface area contributed by atoms with E-state index in [1.807, 2.05) is 19.3 Å². The quantitative estimate of drug-likeness (QED) is 0.560. The summed E-state index contributed by atoms with van der Waals surface area (Å²) in [5.74, 6) is -3.67. The van der Waals surface area contributed by atoms with Crippen molar-refractivity contribution in [3.05, 3.63) is 52.7 Å². The second-order valence-electron chi connectivity index (χ2n) is 5.23. The number of nitrogens with one attached hydrogen (secondary N) is 2. The fourth-order valence-corrected chi connectivity index (χ4v) is 1.96. The standard InChI is InChI=1S/C17H14F2N4O4.C2H6/c1-9-3-4-13(11(18)5-9)21-16-10(6-12(19)14(7-20)22-16)17(25)23-27-8-15(24)26-2;1-2/h3-6H,8H2,1-2H3,(H,21,22)(H,23,25);1-2H3. The third-order valence-corrected chi connectivity index (χ3v) is 3.29. The number of nitrogens with zero attached hydrogens (tertiary/aromatic N) is 2. The molecule has 0 spiro atoms. The van der Waals surface area contributed by atoms with Crippen LogP contribution in [0.3, 0.4) is 0 Å². The third-order valence-electron chi connectivity index (χ3n) is 3.29. The first-order chi connectivity index (χ1) is 13.8. The van der Waals surface area contributed by atoms with Gasteiger partial charge in [-0.2, -0.15) is 5.26 Å².